The van der Waals surface area contributed by atoms with E-state index in [0.29, 0.717) is 19.3 Å². The van der Waals surface area contributed by atoms with Gasteiger partial charge < -0.3 is 20.1 Å². The Morgan fingerprint density at radius 3 is 2.04 bits per heavy atom. The summed E-state index contributed by atoms with van der Waals surface area (Å²) in [6.07, 6.45) is -0.473. The number of carbonyl (C=O) groups is 4. The summed E-state index contributed by atoms with van der Waals surface area (Å²) in [5.41, 5.74) is 0.685. The summed E-state index contributed by atoms with van der Waals surface area (Å²) in [7, 11) is 3.24. The van der Waals surface area contributed by atoms with Gasteiger partial charge in [0.2, 0.25) is 17.7 Å². The SMILES string of the molecule is CN(C)C(=O)[C@H](CCCCN1C(=O)C2C3(C)C(c4ccccc4)=C(c4ccccc4)C(C)(C3O)C2(Br)C1=O)NC(=O)OC(C)(C)C. The largest absolute Gasteiger partial charge is 0.444 e. The number of carbonyl (C=O) groups excluding carboxylic acids is 4. The van der Waals surface area contributed by atoms with Crippen LogP contribution in [0.4, 0.5) is 4.79 Å². The van der Waals surface area contributed by atoms with Gasteiger partial charge in [-0.1, -0.05) is 90.4 Å². The molecule has 0 spiro atoms. The number of aliphatic hydroxyl groups is 1. The third-order valence-corrected chi connectivity index (χ3v) is 11.5. The number of amides is 4. The topological polar surface area (TPSA) is 116 Å². The number of hydrogen-bond donors (Lipinski definition) is 2. The van der Waals surface area contributed by atoms with Crippen LogP contribution in [0.2, 0.25) is 0 Å². The molecule has 0 aromatic heterocycles. The molecule has 2 N–H and O–H groups in total. The molecule has 1 saturated heterocycles. The van der Waals surface area contributed by atoms with Crippen molar-refractivity contribution in [1.82, 2.24) is 15.1 Å². The zero-order valence-corrected chi connectivity index (χ0v) is 29.2. The van der Waals surface area contributed by atoms with Gasteiger partial charge in [0.15, 0.2) is 0 Å². The van der Waals surface area contributed by atoms with Crippen molar-refractivity contribution in [3.05, 3.63) is 71.8 Å². The summed E-state index contributed by atoms with van der Waals surface area (Å²) in [4.78, 5) is 56.8. The van der Waals surface area contributed by atoms with Gasteiger partial charge in [-0.3, -0.25) is 19.3 Å². The second kappa shape index (κ2) is 11.9. The van der Waals surface area contributed by atoms with Crippen LogP contribution in [0, 0.1) is 16.7 Å². The summed E-state index contributed by atoms with van der Waals surface area (Å²) >= 11 is 3.85. The highest BCUT2D eigenvalue weighted by molar-refractivity contribution is 9.10. The lowest BCUT2D eigenvalue weighted by Gasteiger charge is -2.42. The molecule has 10 heteroatoms. The minimum atomic E-state index is -1.35. The number of benzene rings is 2. The van der Waals surface area contributed by atoms with E-state index in [2.05, 4.69) is 21.2 Å². The number of aliphatic hydroxyl groups excluding tert-OH is 1. The monoisotopic (exact) mass is 693 g/mol. The highest BCUT2D eigenvalue weighted by atomic mass is 79.9. The molecule has 1 aliphatic heterocycles. The molecule has 2 bridgehead atoms. The number of alkyl carbamates (subject to hydrolysis) is 1. The first-order valence-corrected chi connectivity index (χ1v) is 16.6. The van der Waals surface area contributed by atoms with Crippen molar-refractivity contribution in [3.8, 4) is 0 Å². The number of nitrogens with zero attached hydrogens (tertiary/aromatic N) is 2. The number of unbranched alkanes of at least 4 members (excludes halogenated alkanes) is 1. The quantitative estimate of drug-likeness (QED) is 0.210. The van der Waals surface area contributed by atoms with E-state index in [1.165, 1.54) is 9.80 Å². The Labute approximate surface area is 279 Å². The van der Waals surface area contributed by atoms with Gasteiger partial charge >= 0.3 is 6.09 Å². The Bertz CT molecular complexity index is 1570. The van der Waals surface area contributed by atoms with Crippen molar-refractivity contribution in [2.75, 3.05) is 20.6 Å². The average molecular weight is 695 g/mol. The number of hydrogen-bond acceptors (Lipinski definition) is 6. The number of halogens is 1. The zero-order chi connectivity index (χ0) is 33.8. The van der Waals surface area contributed by atoms with E-state index in [9.17, 15) is 24.3 Å². The lowest BCUT2D eigenvalue weighted by atomic mass is 9.63. The number of fused-ring (bicyclic) bond motifs is 5. The molecular formula is C36H44BrN3O6. The second-order valence-corrected chi connectivity index (χ2v) is 15.5. The zero-order valence-electron chi connectivity index (χ0n) is 27.6. The third kappa shape index (κ3) is 5.08. The van der Waals surface area contributed by atoms with Gasteiger partial charge in [0.25, 0.3) is 0 Å². The first-order chi connectivity index (χ1) is 21.5. The predicted octanol–water partition coefficient (Wildman–Crippen LogP) is 5.27. The molecule has 9 nitrogen and oxygen atoms in total. The van der Waals surface area contributed by atoms with Crippen LogP contribution in [-0.2, 0) is 19.1 Å². The van der Waals surface area contributed by atoms with Crippen LogP contribution in [0.3, 0.4) is 0 Å². The van der Waals surface area contributed by atoms with Crippen LogP contribution in [0.5, 0.6) is 0 Å². The molecule has 6 atom stereocenters. The molecule has 5 rings (SSSR count). The van der Waals surface area contributed by atoms with E-state index in [-0.39, 0.29) is 24.3 Å². The maximum Gasteiger partial charge on any atom is 0.408 e. The van der Waals surface area contributed by atoms with Crippen LogP contribution in [0.25, 0.3) is 11.1 Å². The van der Waals surface area contributed by atoms with Gasteiger partial charge in [0, 0.05) is 31.5 Å². The Morgan fingerprint density at radius 1 is 0.978 bits per heavy atom. The molecule has 1 saturated carbocycles. The third-order valence-electron chi connectivity index (χ3n) is 9.92. The Balaban J connectivity index is 1.41. The Hall–Kier alpha value is -3.50. The van der Waals surface area contributed by atoms with E-state index in [1.54, 1.807) is 34.9 Å². The summed E-state index contributed by atoms with van der Waals surface area (Å²) in [5.74, 6) is -1.78. The minimum absolute atomic E-state index is 0.153. The molecule has 2 fully saturated rings. The van der Waals surface area contributed by atoms with Crippen LogP contribution in [0.1, 0.15) is 65.0 Å². The molecular weight excluding hydrogens is 650 g/mol. The van der Waals surface area contributed by atoms with E-state index < -0.39 is 44.9 Å². The average Bonchev–Trinajstić information content (AvgIpc) is 3.38. The number of nitrogens with one attached hydrogen (secondary N) is 1. The number of likely N-dealkylation sites (N-methyl/N-ethyl adjacent to an activating group) is 1. The molecule has 2 aliphatic carbocycles. The number of ether oxygens (including phenoxy) is 1. The Kier molecular flexibility index (Phi) is 8.79. The normalized spacial score (nSPS) is 29.2. The maximum atomic E-state index is 14.4. The summed E-state index contributed by atoms with van der Waals surface area (Å²) in [6, 6.07) is 18.8. The van der Waals surface area contributed by atoms with Crippen molar-refractivity contribution >= 4 is 50.9 Å². The molecule has 2 aromatic rings. The minimum Gasteiger partial charge on any atom is -0.444 e. The van der Waals surface area contributed by atoms with Gasteiger partial charge in [0.1, 0.15) is 16.0 Å². The first-order valence-electron chi connectivity index (χ1n) is 15.8. The van der Waals surface area contributed by atoms with Crippen LogP contribution in [-0.4, -0.2) is 81.4 Å². The second-order valence-electron chi connectivity index (χ2n) is 14.2. The molecule has 2 aromatic carbocycles. The van der Waals surface area contributed by atoms with E-state index in [4.69, 9.17) is 4.74 Å². The highest BCUT2D eigenvalue weighted by Gasteiger charge is 2.85. The predicted molar refractivity (Wildman–Crippen MR) is 179 cm³/mol. The summed E-state index contributed by atoms with van der Waals surface area (Å²) in [5, 5.41) is 14.8. The smallest absolute Gasteiger partial charge is 0.408 e. The van der Waals surface area contributed by atoms with Gasteiger partial charge in [-0.25, -0.2) is 4.79 Å². The fourth-order valence-electron chi connectivity index (χ4n) is 7.98. The standard InChI is InChI=1S/C36H44BrN3O6/c1-33(2,3)46-32(45)38-24(28(41)39(6)7)20-14-15-21-40-29(42)27-34(4)25(22-16-10-8-11-17-22)26(23-18-12-9-13-19-23)35(5,30(34)43)36(27,37)31(40)44/h8-13,16-19,24,27,30,43H,14-15,20-21H2,1-7H3,(H,38,45)/t24-,27?,30?,34?,35?,36?/m0/s1. The Morgan fingerprint density at radius 2 is 1.52 bits per heavy atom. The molecule has 5 unspecified atom stereocenters. The van der Waals surface area contributed by atoms with Crippen molar-refractivity contribution in [3.63, 3.8) is 0 Å². The summed E-state index contributed by atoms with van der Waals surface area (Å²) in [6.45, 7) is 9.21. The number of alkyl halides is 1. The lowest BCUT2D eigenvalue weighted by Crippen LogP contribution is -2.51. The highest BCUT2D eigenvalue weighted by Crippen LogP contribution is 2.79. The van der Waals surface area contributed by atoms with Gasteiger partial charge in [-0.15, -0.1) is 0 Å². The molecule has 3 aliphatic rings. The summed E-state index contributed by atoms with van der Waals surface area (Å²) < 4.78 is 4.00. The fourth-order valence-corrected chi connectivity index (χ4v) is 9.28. The van der Waals surface area contributed by atoms with E-state index >= 15 is 0 Å². The van der Waals surface area contributed by atoms with Crippen LogP contribution in [0.15, 0.2) is 60.7 Å². The number of rotatable bonds is 9. The van der Waals surface area contributed by atoms with Gasteiger partial charge in [-0.05, 0) is 62.3 Å². The van der Waals surface area contributed by atoms with E-state index in [0.717, 1.165) is 22.3 Å². The van der Waals surface area contributed by atoms with Crippen LogP contribution >= 0.6 is 15.9 Å². The first kappa shape index (κ1) is 33.9. The molecule has 46 heavy (non-hydrogen) atoms. The molecule has 4 amide bonds. The van der Waals surface area contributed by atoms with E-state index in [1.807, 2.05) is 74.5 Å². The van der Waals surface area contributed by atoms with Crippen molar-refractivity contribution in [2.24, 2.45) is 16.7 Å². The van der Waals surface area contributed by atoms with Crippen molar-refractivity contribution in [1.29, 1.82) is 0 Å². The molecule has 1 heterocycles. The molecule has 0 radical (unpaired) electrons. The molecule has 246 valence electrons. The number of likely N-dealkylation sites (tertiary alicyclic amines) is 1. The van der Waals surface area contributed by atoms with Gasteiger partial charge in [0.05, 0.1) is 12.0 Å². The van der Waals surface area contributed by atoms with Crippen molar-refractivity contribution < 1.29 is 29.0 Å². The number of imide groups is 1. The maximum absolute atomic E-state index is 14.4. The van der Waals surface area contributed by atoms with Gasteiger partial charge in [-0.2, -0.15) is 0 Å². The van der Waals surface area contributed by atoms with Crippen LogP contribution < -0.4 is 5.32 Å². The van der Waals surface area contributed by atoms with Crippen molar-refractivity contribution in [2.45, 2.75) is 76.0 Å². The lowest BCUT2D eigenvalue weighted by molar-refractivity contribution is -0.143. The fraction of sp³-hybridized carbons (Fsp3) is 0.500.